The van der Waals surface area contributed by atoms with Gasteiger partial charge < -0.3 is 9.47 Å². The molecule has 4 rings (SSSR count). The van der Waals surface area contributed by atoms with E-state index in [2.05, 4.69) is 57.9 Å². The van der Waals surface area contributed by atoms with Gasteiger partial charge in [-0.2, -0.15) is 0 Å². The van der Waals surface area contributed by atoms with E-state index in [1.807, 2.05) is 12.3 Å². The van der Waals surface area contributed by atoms with Gasteiger partial charge in [0.05, 0.1) is 6.54 Å². The zero-order valence-corrected chi connectivity index (χ0v) is 13.5. The third-order valence-electron chi connectivity index (χ3n) is 4.71. The topological polar surface area (TPSA) is 34.0 Å². The molecule has 0 amide bonds. The summed E-state index contributed by atoms with van der Waals surface area (Å²) in [6, 6.07) is 14.6. The highest BCUT2D eigenvalue weighted by atomic mass is 15.2. The normalized spacial score (nSPS) is 19.3. The fourth-order valence-electron chi connectivity index (χ4n) is 3.59. The highest BCUT2D eigenvalue weighted by molar-refractivity contribution is 5.71. The molecular weight excluding hydrogens is 284 g/mol. The van der Waals surface area contributed by atoms with Gasteiger partial charge in [-0.05, 0) is 44.1 Å². The van der Waals surface area contributed by atoms with E-state index in [-0.39, 0.29) is 0 Å². The van der Waals surface area contributed by atoms with Crippen molar-refractivity contribution in [1.29, 1.82) is 0 Å². The average molecular weight is 306 g/mol. The lowest BCUT2D eigenvalue weighted by Gasteiger charge is -2.29. The molecule has 0 aliphatic carbocycles. The lowest BCUT2D eigenvalue weighted by atomic mass is 9.97. The minimum Gasteiger partial charge on any atom is -0.308 e. The van der Waals surface area contributed by atoms with Crippen molar-refractivity contribution in [3.05, 3.63) is 60.0 Å². The number of likely N-dealkylation sites (tertiary alicyclic amines) is 1. The van der Waals surface area contributed by atoms with E-state index in [9.17, 15) is 0 Å². The molecular formula is C19H22N4. The number of hydrogen-bond acceptors (Lipinski definition) is 3. The lowest BCUT2D eigenvalue weighted by Crippen LogP contribution is -2.32. The Labute approximate surface area is 136 Å². The van der Waals surface area contributed by atoms with Gasteiger partial charge in [-0.1, -0.05) is 30.3 Å². The Kier molecular flexibility index (Phi) is 3.83. The molecule has 4 heteroatoms. The van der Waals surface area contributed by atoms with Crippen LogP contribution in [0.5, 0.6) is 0 Å². The van der Waals surface area contributed by atoms with Gasteiger partial charge in [0, 0.05) is 18.7 Å². The summed E-state index contributed by atoms with van der Waals surface area (Å²) in [5.41, 5.74) is 3.30. The van der Waals surface area contributed by atoms with E-state index in [1.165, 1.54) is 30.8 Å². The average Bonchev–Trinajstić information content (AvgIpc) is 2.95. The van der Waals surface area contributed by atoms with Gasteiger partial charge in [-0.25, -0.2) is 9.97 Å². The number of rotatable bonds is 3. The number of benzene rings is 1. The molecule has 0 N–H and O–H groups in total. The molecule has 1 atom stereocenters. The molecule has 1 aliphatic heterocycles. The van der Waals surface area contributed by atoms with Crippen LogP contribution in [0.25, 0.3) is 11.2 Å². The number of fused-ring (bicyclic) bond motifs is 1. The molecule has 3 aromatic rings. The Morgan fingerprint density at radius 1 is 1.13 bits per heavy atom. The number of hydrogen-bond donors (Lipinski definition) is 0. The minimum absolute atomic E-state index is 0.492. The fraction of sp³-hybridized carbons (Fsp3) is 0.368. The maximum absolute atomic E-state index is 4.94. The van der Waals surface area contributed by atoms with Crippen molar-refractivity contribution in [2.45, 2.75) is 25.3 Å². The van der Waals surface area contributed by atoms with Crippen molar-refractivity contribution >= 4 is 11.2 Å². The molecule has 1 aromatic carbocycles. The first-order valence-electron chi connectivity index (χ1n) is 8.35. The molecule has 0 spiro atoms. The summed E-state index contributed by atoms with van der Waals surface area (Å²) in [7, 11) is 2.20. The molecule has 23 heavy (non-hydrogen) atoms. The fourth-order valence-corrected chi connectivity index (χ4v) is 3.59. The van der Waals surface area contributed by atoms with Crippen LogP contribution in [0.3, 0.4) is 0 Å². The predicted molar refractivity (Wildman–Crippen MR) is 92.5 cm³/mol. The second kappa shape index (κ2) is 6.13. The molecule has 0 saturated carbocycles. The predicted octanol–water partition coefficient (Wildman–Crippen LogP) is 3.29. The summed E-state index contributed by atoms with van der Waals surface area (Å²) in [4.78, 5) is 11.9. The molecule has 118 valence electrons. The second-order valence-corrected chi connectivity index (χ2v) is 6.49. The van der Waals surface area contributed by atoms with Crippen molar-refractivity contribution in [1.82, 2.24) is 19.4 Å². The van der Waals surface area contributed by atoms with Crippen LogP contribution in [0.4, 0.5) is 0 Å². The molecule has 3 heterocycles. The molecule has 0 unspecified atom stereocenters. The molecule has 4 nitrogen and oxygen atoms in total. The first-order valence-corrected chi connectivity index (χ1v) is 8.35. The maximum Gasteiger partial charge on any atom is 0.160 e. The smallest absolute Gasteiger partial charge is 0.160 e. The zero-order chi connectivity index (χ0) is 15.6. The van der Waals surface area contributed by atoms with Crippen LogP contribution in [0.15, 0.2) is 48.7 Å². The van der Waals surface area contributed by atoms with Gasteiger partial charge in [0.2, 0.25) is 0 Å². The number of imidazole rings is 1. The van der Waals surface area contributed by atoms with Crippen LogP contribution >= 0.6 is 0 Å². The Hall–Kier alpha value is -2.20. The Balaban J connectivity index is 1.78. The van der Waals surface area contributed by atoms with Crippen molar-refractivity contribution in [3.63, 3.8) is 0 Å². The zero-order valence-electron chi connectivity index (χ0n) is 13.5. The van der Waals surface area contributed by atoms with Gasteiger partial charge >= 0.3 is 0 Å². The summed E-state index contributed by atoms with van der Waals surface area (Å²) < 4.78 is 2.31. The summed E-state index contributed by atoms with van der Waals surface area (Å²) in [6.07, 6.45) is 4.31. The number of pyridine rings is 1. The second-order valence-electron chi connectivity index (χ2n) is 6.49. The minimum atomic E-state index is 0.492. The van der Waals surface area contributed by atoms with E-state index in [0.717, 1.165) is 24.3 Å². The van der Waals surface area contributed by atoms with Crippen LogP contribution in [0, 0.1) is 0 Å². The quantitative estimate of drug-likeness (QED) is 0.744. The van der Waals surface area contributed by atoms with E-state index in [4.69, 9.17) is 4.98 Å². The van der Waals surface area contributed by atoms with Crippen molar-refractivity contribution < 1.29 is 0 Å². The number of nitrogens with zero attached hydrogens (tertiary/aromatic N) is 4. The van der Waals surface area contributed by atoms with Crippen LogP contribution in [-0.2, 0) is 6.54 Å². The van der Waals surface area contributed by atoms with Crippen LogP contribution < -0.4 is 0 Å². The van der Waals surface area contributed by atoms with Gasteiger partial charge in [0.1, 0.15) is 11.3 Å². The van der Waals surface area contributed by atoms with Crippen LogP contribution in [0.2, 0.25) is 0 Å². The van der Waals surface area contributed by atoms with E-state index >= 15 is 0 Å². The van der Waals surface area contributed by atoms with Crippen LogP contribution in [-0.4, -0.2) is 39.6 Å². The van der Waals surface area contributed by atoms with Crippen molar-refractivity contribution in [2.24, 2.45) is 0 Å². The van der Waals surface area contributed by atoms with Gasteiger partial charge in [-0.3, -0.25) is 0 Å². The van der Waals surface area contributed by atoms with E-state index in [1.54, 1.807) is 0 Å². The molecule has 1 saturated heterocycles. The summed E-state index contributed by atoms with van der Waals surface area (Å²) >= 11 is 0. The van der Waals surface area contributed by atoms with Crippen molar-refractivity contribution in [3.8, 4) is 0 Å². The summed E-state index contributed by atoms with van der Waals surface area (Å²) in [5, 5.41) is 0. The summed E-state index contributed by atoms with van der Waals surface area (Å²) in [6.45, 7) is 3.11. The van der Waals surface area contributed by atoms with Gasteiger partial charge in [-0.15, -0.1) is 0 Å². The van der Waals surface area contributed by atoms with Crippen molar-refractivity contribution in [2.75, 3.05) is 20.1 Å². The molecule has 0 bridgehead atoms. The third-order valence-corrected chi connectivity index (χ3v) is 4.71. The Bertz CT molecular complexity index is 793. The van der Waals surface area contributed by atoms with E-state index < -0.39 is 0 Å². The first kappa shape index (κ1) is 14.4. The Morgan fingerprint density at radius 2 is 2.00 bits per heavy atom. The lowest BCUT2D eigenvalue weighted by molar-refractivity contribution is 0.243. The Morgan fingerprint density at radius 3 is 2.83 bits per heavy atom. The molecule has 2 aromatic heterocycles. The standard InChI is InChI=1S/C19H22N4/c1-22-12-6-9-16(14-22)18-21-17-10-5-11-20-19(17)23(18)13-15-7-3-2-4-8-15/h2-5,7-8,10-11,16H,6,9,12-14H2,1H3/t16-/m1/s1. The van der Waals surface area contributed by atoms with E-state index in [0.29, 0.717) is 5.92 Å². The summed E-state index contributed by atoms with van der Waals surface area (Å²) in [5.74, 6) is 1.68. The number of piperidine rings is 1. The monoisotopic (exact) mass is 306 g/mol. The van der Waals surface area contributed by atoms with Gasteiger partial charge in [0.15, 0.2) is 5.65 Å². The first-order chi connectivity index (χ1) is 11.3. The SMILES string of the molecule is CN1CCC[C@@H](c2nc3cccnc3n2Cc2ccccc2)C1. The highest BCUT2D eigenvalue weighted by Gasteiger charge is 2.25. The third kappa shape index (κ3) is 2.86. The number of likely N-dealkylation sites (N-methyl/N-ethyl adjacent to an activating group) is 1. The number of aromatic nitrogens is 3. The molecule has 1 aliphatic rings. The highest BCUT2D eigenvalue weighted by Crippen LogP contribution is 2.28. The molecule has 0 radical (unpaired) electrons. The molecule has 1 fully saturated rings. The largest absolute Gasteiger partial charge is 0.308 e. The van der Waals surface area contributed by atoms with Gasteiger partial charge in [0.25, 0.3) is 0 Å². The maximum atomic E-state index is 4.94. The van der Waals surface area contributed by atoms with Crippen LogP contribution in [0.1, 0.15) is 30.1 Å².